The second-order valence-corrected chi connectivity index (χ2v) is 5.98. The molecule has 0 aromatic heterocycles. The average Bonchev–Trinajstić information content (AvgIpc) is 2.40. The van der Waals surface area contributed by atoms with Crippen molar-refractivity contribution in [2.45, 2.75) is 44.0 Å². The highest BCUT2D eigenvalue weighted by molar-refractivity contribution is 7.99. The van der Waals surface area contributed by atoms with E-state index >= 15 is 0 Å². The highest BCUT2D eigenvalue weighted by Crippen LogP contribution is 2.20. The van der Waals surface area contributed by atoms with E-state index in [0.717, 1.165) is 0 Å². The first-order valence-electron chi connectivity index (χ1n) is 6.54. The summed E-state index contributed by atoms with van der Waals surface area (Å²) in [6.07, 6.45) is 2.05. The van der Waals surface area contributed by atoms with Gasteiger partial charge in [-0.3, -0.25) is 0 Å². The second-order valence-electron chi connectivity index (χ2n) is 4.90. The molecule has 2 N–H and O–H groups in total. The van der Waals surface area contributed by atoms with E-state index in [4.69, 9.17) is 0 Å². The van der Waals surface area contributed by atoms with Gasteiger partial charge >= 0.3 is 0 Å². The lowest BCUT2D eigenvalue weighted by Crippen LogP contribution is -2.44. The maximum Gasteiger partial charge on any atom is 0.0564 e. The van der Waals surface area contributed by atoms with Gasteiger partial charge in [-0.2, -0.15) is 11.8 Å². The number of aliphatic hydroxyl groups excluding tert-OH is 1. The van der Waals surface area contributed by atoms with Crippen molar-refractivity contribution in [3.8, 4) is 0 Å². The number of nitrogens with one attached hydrogen (secondary N) is 1. The van der Waals surface area contributed by atoms with Gasteiger partial charge in [0.2, 0.25) is 0 Å². The molecular formula is C15H25NOS. The molecule has 3 heteroatoms. The Hall–Kier alpha value is -0.510. The second kappa shape index (κ2) is 7.82. The molecule has 0 heterocycles. The van der Waals surface area contributed by atoms with Crippen LogP contribution in [0.5, 0.6) is 0 Å². The fraction of sp³-hybridized carbons (Fsp3) is 0.600. The number of hydrogen-bond donors (Lipinski definition) is 2. The van der Waals surface area contributed by atoms with Crippen molar-refractivity contribution in [2.24, 2.45) is 0 Å². The van der Waals surface area contributed by atoms with E-state index in [-0.39, 0.29) is 11.9 Å². The number of benzene rings is 1. The SMILES string of the molecule is CSC(CO)C(C)NC(C)C(C)c1ccccc1. The van der Waals surface area contributed by atoms with Crippen LogP contribution in [0.15, 0.2) is 30.3 Å². The predicted octanol–water partition coefficient (Wildman–Crippen LogP) is 2.88. The maximum absolute atomic E-state index is 9.30. The Balaban J connectivity index is 2.57. The summed E-state index contributed by atoms with van der Waals surface area (Å²) in [4.78, 5) is 0. The molecule has 0 aliphatic rings. The minimum Gasteiger partial charge on any atom is -0.395 e. The topological polar surface area (TPSA) is 32.3 Å². The van der Waals surface area contributed by atoms with Crippen molar-refractivity contribution in [1.29, 1.82) is 0 Å². The van der Waals surface area contributed by atoms with Gasteiger partial charge in [0.15, 0.2) is 0 Å². The zero-order valence-electron chi connectivity index (χ0n) is 11.8. The Labute approximate surface area is 115 Å². The molecule has 4 atom stereocenters. The summed E-state index contributed by atoms with van der Waals surface area (Å²) in [6, 6.07) is 11.3. The molecule has 0 saturated heterocycles. The van der Waals surface area contributed by atoms with Gasteiger partial charge in [-0.25, -0.2) is 0 Å². The lowest BCUT2D eigenvalue weighted by Gasteiger charge is -2.29. The first-order valence-corrected chi connectivity index (χ1v) is 7.83. The van der Waals surface area contributed by atoms with Crippen LogP contribution in [0.3, 0.4) is 0 Å². The highest BCUT2D eigenvalue weighted by atomic mass is 32.2. The van der Waals surface area contributed by atoms with Crippen LogP contribution in [-0.2, 0) is 0 Å². The molecule has 1 aromatic rings. The molecule has 2 nitrogen and oxygen atoms in total. The number of hydrogen-bond acceptors (Lipinski definition) is 3. The van der Waals surface area contributed by atoms with Gasteiger partial charge < -0.3 is 10.4 Å². The normalized spacial score (nSPS) is 18.1. The van der Waals surface area contributed by atoms with Crippen LogP contribution in [0.4, 0.5) is 0 Å². The zero-order chi connectivity index (χ0) is 13.5. The summed E-state index contributed by atoms with van der Waals surface area (Å²) in [5, 5.41) is 13.2. The quantitative estimate of drug-likeness (QED) is 0.797. The monoisotopic (exact) mass is 267 g/mol. The fourth-order valence-electron chi connectivity index (χ4n) is 2.15. The fourth-order valence-corrected chi connectivity index (χ4v) is 2.78. The molecule has 0 radical (unpaired) electrons. The van der Waals surface area contributed by atoms with Crippen molar-refractivity contribution < 1.29 is 5.11 Å². The van der Waals surface area contributed by atoms with Crippen LogP contribution in [0.1, 0.15) is 32.3 Å². The number of rotatable bonds is 7. The van der Waals surface area contributed by atoms with Gasteiger partial charge in [-0.05, 0) is 31.6 Å². The van der Waals surface area contributed by atoms with E-state index in [0.29, 0.717) is 18.0 Å². The van der Waals surface area contributed by atoms with Gasteiger partial charge in [0.05, 0.1) is 6.61 Å². The molecule has 0 fully saturated rings. The van der Waals surface area contributed by atoms with Gasteiger partial charge in [-0.1, -0.05) is 37.3 Å². The Morgan fingerprint density at radius 1 is 1.11 bits per heavy atom. The molecular weight excluding hydrogens is 242 g/mol. The summed E-state index contributed by atoms with van der Waals surface area (Å²) < 4.78 is 0. The molecule has 0 saturated carbocycles. The van der Waals surface area contributed by atoms with E-state index in [1.165, 1.54) is 5.56 Å². The van der Waals surface area contributed by atoms with Gasteiger partial charge in [0.25, 0.3) is 0 Å². The Morgan fingerprint density at radius 3 is 2.22 bits per heavy atom. The van der Waals surface area contributed by atoms with E-state index in [1.54, 1.807) is 11.8 Å². The largest absolute Gasteiger partial charge is 0.395 e. The standard InChI is InChI=1S/C15H25NOS/c1-11(14-8-6-5-7-9-14)12(2)16-13(3)15(10-17)18-4/h5-9,11-13,15-17H,10H2,1-4H3. The Kier molecular flexibility index (Phi) is 6.76. The Morgan fingerprint density at radius 2 is 1.72 bits per heavy atom. The first-order chi connectivity index (χ1) is 8.60. The third kappa shape index (κ3) is 4.30. The van der Waals surface area contributed by atoms with Gasteiger partial charge in [0.1, 0.15) is 0 Å². The molecule has 102 valence electrons. The molecule has 1 aromatic carbocycles. The number of thioether (sulfide) groups is 1. The highest BCUT2D eigenvalue weighted by Gasteiger charge is 2.20. The molecule has 0 aliphatic carbocycles. The van der Waals surface area contributed by atoms with Crippen LogP contribution >= 0.6 is 11.8 Å². The van der Waals surface area contributed by atoms with Gasteiger partial charge in [-0.15, -0.1) is 0 Å². The summed E-state index contributed by atoms with van der Waals surface area (Å²) in [5.74, 6) is 0.467. The molecule has 1 rings (SSSR count). The summed E-state index contributed by atoms with van der Waals surface area (Å²) in [7, 11) is 0. The summed E-state index contributed by atoms with van der Waals surface area (Å²) >= 11 is 1.72. The lowest BCUT2D eigenvalue weighted by atomic mass is 9.94. The van der Waals surface area contributed by atoms with Crippen molar-refractivity contribution in [1.82, 2.24) is 5.32 Å². The van der Waals surface area contributed by atoms with Gasteiger partial charge in [0, 0.05) is 17.3 Å². The summed E-state index contributed by atoms with van der Waals surface area (Å²) in [5.41, 5.74) is 1.36. The lowest BCUT2D eigenvalue weighted by molar-refractivity contribution is 0.268. The third-order valence-corrected chi connectivity index (χ3v) is 4.80. The molecule has 0 bridgehead atoms. The Bertz CT molecular complexity index is 327. The van der Waals surface area contributed by atoms with E-state index < -0.39 is 0 Å². The van der Waals surface area contributed by atoms with E-state index in [1.807, 2.05) is 12.3 Å². The summed E-state index contributed by atoms with van der Waals surface area (Å²) in [6.45, 7) is 6.82. The minimum atomic E-state index is 0.224. The van der Waals surface area contributed by atoms with Crippen molar-refractivity contribution in [3.05, 3.63) is 35.9 Å². The molecule has 0 spiro atoms. The van der Waals surface area contributed by atoms with Crippen molar-refractivity contribution >= 4 is 11.8 Å². The van der Waals surface area contributed by atoms with Crippen LogP contribution < -0.4 is 5.32 Å². The zero-order valence-corrected chi connectivity index (χ0v) is 12.6. The van der Waals surface area contributed by atoms with Crippen molar-refractivity contribution in [2.75, 3.05) is 12.9 Å². The van der Waals surface area contributed by atoms with E-state index in [9.17, 15) is 5.11 Å². The molecule has 0 amide bonds. The smallest absolute Gasteiger partial charge is 0.0564 e. The van der Waals surface area contributed by atoms with Crippen LogP contribution in [-0.4, -0.2) is 35.3 Å². The first kappa shape index (κ1) is 15.5. The van der Waals surface area contributed by atoms with Crippen LogP contribution in [0.25, 0.3) is 0 Å². The van der Waals surface area contributed by atoms with Crippen LogP contribution in [0.2, 0.25) is 0 Å². The maximum atomic E-state index is 9.30. The molecule has 0 aliphatic heterocycles. The van der Waals surface area contributed by atoms with Crippen LogP contribution in [0, 0.1) is 0 Å². The predicted molar refractivity (Wildman–Crippen MR) is 81.3 cm³/mol. The molecule has 4 unspecified atom stereocenters. The third-order valence-electron chi connectivity index (χ3n) is 3.64. The van der Waals surface area contributed by atoms with E-state index in [2.05, 4.69) is 50.4 Å². The van der Waals surface area contributed by atoms with Crippen molar-refractivity contribution in [3.63, 3.8) is 0 Å². The number of aliphatic hydroxyl groups is 1. The minimum absolute atomic E-state index is 0.224. The average molecular weight is 267 g/mol. The molecule has 18 heavy (non-hydrogen) atoms.